The molecule has 1 aromatic heterocycles. The average Bonchev–Trinajstić information content (AvgIpc) is 3.04. The molecule has 0 aliphatic heterocycles. The number of para-hydroxylation sites is 1. The van der Waals surface area contributed by atoms with E-state index in [0.29, 0.717) is 23.9 Å². The first-order chi connectivity index (χ1) is 12.2. The van der Waals surface area contributed by atoms with Crippen molar-refractivity contribution in [2.45, 2.75) is 19.9 Å². The number of hydrogen-bond acceptors (Lipinski definition) is 3. The van der Waals surface area contributed by atoms with Gasteiger partial charge in [-0.3, -0.25) is 0 Å². The van der Waals surface area contributed by atoms with Gasteiger partial charge in [0.1, 0.15) is 0 Å². The fourth-order valence-corrected chi connectivity index (χ4v) is 3.15. The van der Waals surface area contributed by atoms with Crippen molar-refractivity contribution in [3.63, 3.8) is 0 Å². The molecule has 0 atom stereocenters. The molecule has 0 aliphatic carbocycles. The lowest BCUT2D eigenvalue weighted by Crippen LogP contribution is -2.17. The van der Waals surface area contributed by atoms with E-state index in [4.69, 9.17) is 21.1 Å². The number of nitrogens with one attached hydrogen (secondary N) is 2. The van der Waals surface area contributed by atoms with Crippen molar-refractivity contribution in [3.8, 4) is 11.5 Å². The molecule has 0 amide bonds. The molecule has 25 heavy (non-hydrogen) atoms. The zero-order chi connectivity index (χ0) is 17.6. The molecule has 0 unspecified atom stereocenters. The first-order valence-electron chi connectivity index (χ1n) is 8.47. The predicted octanol–water partition coefficient (Wildman–Crippen LogP) is 4.56. The molecule has 0 radical (unpaired) electrons. The maximum Gasteiger partial charge on any atom is 0.162 e. The van der Waals surface area contributed by atoms with Crippen molar-refractivity contribution < 1.29 is 9.47 Å². The third-order valence-electron chi connectivity index (χ3n) is 4.19. The average molecular weight is 359 g/mol. The van der Waals surface area contributed by atoms with Crippen molar-refractivity contribution in [1.82, 2.24) is 10.3 Å². The standard InChI is InChI=1S/C20H23ClN2O2/c1-3-25-20-10-15(17(21)11-19(20)24-2)12-22-9-8-14-13-23-18-7-5-4-6-16(14)18/h4-7,10-11,13,22-23H,3,8-9,12H2,1-2H3. The quantitative estimate of drug-likeness (QED) is 0.580. The van der Waals surface area contributed by atoms with Crippen molar-refractivity contribution >= 4 is 22.5 Å². The summed E-state index contributed by atoms with van der Waals surface area (Å²) >= 11 is 6.36. The second-order valence-corrected chi connectivity index (χ2v) is 6.22. The van der Waals surface area contributed by atoms with Crippen molar-refractivity contribution in [1.29, 1.82) is 0 Å². The highest BCUT2D eigenvalue weighted by atomic mass is 35.5. The normalized spacial score (nSPS) is 11.0. The van der Waals surface area contributed by atoms with Crippen molar-refractivity contribution in [2.24, 2.45) is 0 Å². The lowest BCUT2D eigenvalue weighted by molar-refractivity contribution is 0.310. The molecule has 2 N–H and O–H groups in total. The first-order valence-corrected chi connectivity index (χ1v) is 8.85. The highest BCUT2D eigenvalue weighted by Crippen LogP contribution is 2.33. The molecule has 3 aromatic rings. The van der Waals surface area contributed by atoms with Crippen LogP contribution in [0.3, 0.4) is 0 Å². The zero-order valence-corrected chi connectivity index (χ0v) is 15.3. The Morgan fingerprint density at radius 2 is 1.96 bits per heavy atom. The van der Waals surface area contributed by atoms with Crippen LogP contribution in [0, 0.1) is 0 Å². The molecule has 0 fully saturated rings. The van der Waals surface area contributed by atoms with Crippen LogP contribution < -0.4 is 14.8 Å². The van der Waals surface area contributed by atoms with Gasteiger partial charge in [-0.05, 0) is 43.1 Å². The Hall–Kier alpha value is -2.17. The number of methoxy groups -OCH3 is 1. The molecule has 4 nitrogen and oxygen atoms in total. The molecule has 2 aromatic carbocycles. The summed E-state index contributed by atoms with van der Waals surface area (Å²) in [6, 6.07) is 12.1. The van der Waals surface area contributed by atoms with Crippen LogP contribution in [0.2, 0.25) is 5.02 Å². The maximum absolute atomic E-state index is 6.36. The zero-order valence-electron chi connectivity index (χ0n) is 14.6. The van der Waals surface area contributed by atoms with E-state index in [1.165, 1.54) is 16.5 Å². The van der Waals surface area contributed by atoms with Crippen LogP contribution in [-0.2, 0) is 13.0 Å². The summed E-state index contributed by atoms with van der Waals surface area (Å²) in [5, 5.41) is 5.42. The van der Waals surface area contributed by atoms with E-state index in [1.54, 1.807) is 7.11 Å². The van der Waals surface area contributed by atoms with Crippen LogP contribution in [0.5, 0.6) is 11.5 Å². The molecule has 0 saturated carbocycles. The van der Waals surface area contributed by atoms with Gasteiger partial charge in [0.05, 0.1) is 13.7 Å². The van der Waals surface area contributed by atoms with Gasteiger partial charge in [0.2, 0.25) is 0 Å². The predicted molar refractivity (Wildman–Crippen MR) is 103 cm³/mol. The summed E-state index contributed by atoms with van der Waals surface area (Å²) in [6.07, 6.45) is 3.04. The topological polar surface area (TPSA) is 46.3 Å². The van der Waals surface area contributed by atoms with E-state index in [2.05, 4.69) is 34.7 Å². The van der Waals surface area contributed by atoms with Gasteiger partial charge < -0.3 is 19.8 Å². The number of H-pyrrole nitrogens is 1. The molecule has 1 heterocycles. The minimum atomic E-state index is 0.589. The Balaban J connectivity index is 1.61. The number of hydrogen-bond donors (Lipinski definition) is 2. The van der Waals surface area contributed by atoms with E-state index >= 15 is 0 Å². The molecule has 132 valence electrons. The number of halogens is 1. The van der Waals surface area contributed by atoms with Crippen LogP contribution in [0.25, 0.3) is 10.9 Å². The molecular weight excluding hydrogens is 336 g/mol. The van der Waals surface area contributed by atoms with Crippen LogP contribution in [0.4, 0.5) is 0 Å². The van der Waals surface area contributed by atoms with Crippen LogP contribution in [0.1, 0.15) is 18.1 Å². The molecule has 5 heteroatoms. The minimum Gasteiger partial charge on any atom is -0.493 e. The molecule has 0 bridgehead atoms. The van der Waals surface area contributed by atoms with E-state index in [0.717, 1.165) is 24.3 Å². The van der Waals surface area contributed by atoms with Gasteiger partial charge in [0.15, 0.2) is 11.5 Å². The Bertz CT molecular complexity index is 845. The van der Waals surface area contributed by atoms with E-state index in [1.807, 2.05) is 25.1 Å². The number of benzene rings is 2. The molecule has 0 saturated heterocycles. The van der Waals surface area contributed by atoms with Gasteiger partial charge in [-0.2, -0.15) is 0 Å². The van der Waals surface area contributed by atoms with Gasteiger partial charge in [0.25, 0.3) is 0 Å². The van der Waals surface area contributed by atoms with Crippen LogP contribution >= 0.6 is 11.6 Å². The number of ether oxygens (including phenoxy) is 2. The summed E-state index contributed by atoms with van der Waals surface area (Å²) in [7, 11) is 1.62. The van der Waals surface area contributed by atoms with Gasteiger partial charge in [-0.15, -0.1) is 0 Å². The highest BCUT2D eigenvalue weighted by Gasteiger charge is 2.10. The Morgan fingerprint density at radius 1 is 1.12 bits per heavy atom. The second-order valence-electron chi connectivity index (χ2n) is 5.81. The highest BCUT2D eigenvalue weighted by molar-refractivity contribution is 6.31. The summed E-state index contributed by atoms with van der Waals surface area (Å²) in [5.41, 5.74) is 3.50. The molecule has 3 rings (SSSR count). The van der Waals surface area contributed by atoms with Gasteiger partial charge in [-0.1, -0.05) is 29.8 Å². The summed E-state index contributed by atoms with van der Waals surface area (Å²) in [5.74, 6) is 1.39. The smallest absolute Gasteiger partial charge is 0.162 e. The molecule has 0 spiro atoms. The minimum absolute atomic E-state index is 0.589. The second kappa shape index (κ2) is 8.28. The summed E-state index contributed by atoms with van der Waals surface area (Å²) < 4.78 is 10.9. The fourth-order valence-electron chi connectivity index (χ4n) is 2.93. The lowest BCUT2D eigenvalue weighted by atomic mass is 10.1. The Kier molecular flexibility index (Phi) is 5.84. The van der Waals surface area contributed by atoms with E-state index < -0.39 is 0 Å². The summed E-state index contributed by atoms with van der Waals surface area (Å²) in [6.45, 7) is 4.10. The number of aromatic amines is 1. The van der Waals surface area contributed by atoms with Crippen molar-refractivity contribution in [3.05, 3.63) is 58.7 Å². The Labute approximate surface area is 153 Å². The van der Waals surface area contributed by atoms with Gasteiger partial charge in [-0.25, -0.2) is 0 Å². The monoisotopic (exact) mass is 358 g/mol. The largest absolute Gasteiger partial charge is 0.493 e. The SMILES string of the molecule is CCOc1cc(CNCCc2c[nH]c3ccccc23)c(Cl)cc1OC. The Morgan fingerprint density at radius 3 is 2.76 bits per heavy atom. The summed E-state index contributed by atoms with van der Waals surface area (Å²) in [4.78, 5) is 3.31. The van der Waals surface area contributed by atoms with Gasteiger partial charge >= 0.3 is 0 Å². The molecule has 0 aliphatic rings. The number of rotatable bonds is 8. The van der Waals surface area contributed by atoms with E-state index in [9.17, 15) is 0 Å². The number of fused-ring (bicyclic) bond motifs is 1. The maximum atomic E-state index is 6.36. The first kappa shape index (κ1) is 17.6. The fraction of sp³-hybridized carbons (Fsp3) is 0.300. The molecular formula is C20H23ClN2O2. The van der Waals surface area contributed by atoms with Crippen LogP contribution in [-0.4, -0.2) is 25.2 Å². The van der Waals surface area contributed by atoms with Crippen LogP contribution in [0.15, 0.2) is 42.6 Å². The van der Waals surface area contributed by atoms with Crippen molar-refractivity contribution in [2.75, 3.05) is 20.3 Å². The third kappa shape index (κ3) is 4.09. The lowest BCUT2D eigenvalue weighted by Gasteiger charge is -2.13. The van der Waals surface area contributed by atoms with E-state index in [-0.39, 0.29) is 0 Å². The number of aromatic nitrogens is 1. The third-order valence-corrected chi connectivity index (χ3v) is 4.55. The van der Waals surface area contributed by atoms with Gasteiger partial charge in [0, 0.05) is 34.7 Å².